The van der Waals surface area contributed by atoms with Gasteiger partial charge < -0.3 is 4.90 Å². The highest BCUT2D eigenvalue weighted by atomic mass is 15.2. The normalized spacial score (nSPS) is 36.5. The molecule has 0 spiro atoms. The zero-order valence-corrected chi connectivity index (χ0v) is 9.13. The predicted molar refractivity (Wildman–Crippen MR) is 56.8 cm³/mol. The Balaban J connectivity index is 1.84. The molecule has 1 nitrogen and oxygen atoms in total. The standard InChI is InChI=1S/C12H23N/c1-3-12-8-10(2)6-7-13(12)9-11-4-5-11/h10-12H,3-9H2,1-2H3. The fourth-order valence-corrected chi connectivity index (χ4v) is 2.60. The zero-order chi connectivity index (χ0) is 9.26. The second-order valence-corrected chi connectivity index (χ2v) is 5.13. The van der Waals surface area contributed by atoms with E-state index in [0.717, 1.165) is 17.9 Å². The molecule has 2 fully saturated rings. The Morgan fingerprint density at radius 2 is 2.00 bits per heavy atom. The van der Waals surface area contributed by atoms with Crippen LogP contribution >= 0.6 is 0 Å². The van der Waals surface area contributed by atoms with Crippen molar-refractivity contribution in [1.29, 1.82) is 0 Å². The van der Waals surface area contributed by atoms with Crippen molar-refractivity contribution in [3.63, 3.8) is 0 Å². The van der Waals surface area contributed by atoms with E-state index in [4.69, 9.17) is 0 Å². The summed E-state index contributed by atoms with van der Waals surface area (Å²) in [6, 6.07) is 0.907. The quantitative estimate of drug-likeness (QED) is 0.647. The lowest BCUT2D eigenvalue weighted by molar-refractivity contribution is 0.109. The molecule has 0 radical (unpaired) electrons. The summed E-state index contributed by atoms with van der Waals surface area (Å²) in [7, 11) is 0. The van der Waals surface area contributed by atoms with Gasteiger partial charge in [-0.25, -0.2) is 0 Å². The summed E-state index contributed by atoms with van der Waals surface area (Å²) >= 11 is 0. The Morgan fingerprint density at radius 3 is 2.62 bits per heavy atom. The van der Waals surface area contributed by atoms with Crippen LogP contribution in [0.1, 0.15) is 46.0 Å². The average molecular weight is 181 g/mol. The summed E-state index contributed by atoms with van der Waals surface area (Å²) < 4.78 is 0. The van der Waals surface area contributed by atoms with Gasteiger partial charge in [0.2, 0.25) is 0 Å². The number of hydrogen-bond acceptors (Lipinski definition) is 1. The summed E-state index contributed by atoms with van der Waals surface area (Å²) in [6.45, 7) is 7.54. The Labute approximate surface area is 82.5 Å². The molecule has 2 unspecified atom stereocenters. The molecule has 13 heavy (non-hydrogen) atoms. The number of hydrogen-bond donors (Lipinski definition) is 0. The van der Waals surface area contributed by atoms with Crippen molar-refractivity contribution in [3.8, 4) is 0 Å². The van der Waals surface area contributed by atoms with Crippen molar-refractivity contribution in [2.75, 3.05) is 13.1 Å². The second kappa shape index (κ2) is 4.00. The Bertz CT molecular complexity index is 163. The van der Waals surface area contributed by atoms with Crippen LogP contribution in [-0.2, 0) is 0 Å². The molecule has 0 N–H and O–H groups in total. The van der Waals surface area contributed by atoms with Crippen molar-refractivity contribution in [3.05, 3.63) is 0 Å². The van der Waals surface area contributed by atoms with Gasteiger partial charge in [-0.3, -0.25) is 0 Å². The highest BCUT2D eigenvalue weighted by molar-refractivity contribution is 4.84. The lowest BCUT2D eigenvalue weighted by Crippen LogP contribution is -2.42. The summed E-state index contributed by atoms with van der Waals surface area (Å²) in [6.07, 6.45) is 7.24. The first-order chi connectivity index (χ1) is 6.29. The smallest absolute Gasteiger partial charge is 0.00952 e. The first-order valence-electron chi connectivity index (χ1n) is 6.03. The van der Waals surface area contributed by atoms with Gasteiger partial charge in [-0.15, -0.1) is 0 Å². The molecular formula is C12H23N. The maximum Gasteiger partial charge on any atom is 0.00952 e. The van der Waals surface area contributed by atoms with Crippen LogP contribution in [0.15, 0.2) is 0 Å². The summed E-state index contributed by atoms with van der Waals surface area (Å²) in [5, 5.41) is 0. The minimum absolute atomic E-state index is 0.907. The molecule has 0 aromatic rings. The number of nitrogens with zero attached hydrogens (tertiary/aromatic N) is 1. The van der Waals surface area contributed by atoms with E-state index in [9.17, 15) is 0 Å². The van der Waals surface area contributed by atoms with E-state index in [0.29, 0.717) is 0 Å². The summed E-state index contributed by atoms with van der Waals surface area (Å²) in [4.78, 5) is 2.76. The summed E-state index contributed by atoms with van der Waals surface area (Å²) in [5.41, 5.74) is 0. The van der Waals surface area contributed by atoms with E-state index < -0.39 is 0 Å². The van der Waals surface area contributed by atoms with E-state index in [2.05, 4.69) is 18.7 Å². The lowest BCUT2D eigenvalue weighted by Gasteiger charge is -2.38. The molecule has 0 aromatic heterocycles. The van der Waals surface area contributed by atoms with Crippen LogP contribution in [0, 0.1) is 11.8 Å². The third-order valence-corrected chi connectivity index (χ3v) is 3.76. The van der Waals surface area contributed by atoms with Crippen LogP contribution in [0.5, 0.6) is 0 Å². The molecule has 0 aromatic carbocycles. The molecule has 2 aliphatic rings. The first kappa shape index (κ1) is 9.51. The molecule has 1 heterocycles. The average Bonchev–Trinajstić information content (AvgIpc) is 2.92. The van der Waals surface area contributed by atoms with Gasteiger partial charge in [-0.05, 0) is 50.5 Å². The fourth-order valence-electron chi connectivity index (χ4n) is 2.60. The van der Waals surface area contributed by atoms with E-state index in [1.807, 2.05) is 0 Å². The highest BCUT2D eigenvalue weighted by Crippen LogP contribution is 2.33. The summed E-state index contributed by atoms with van der Waals surface area (Å²) in [5.74, 6) is 2.04. The molecule has 1 heteroatoms. The van der Waals surface area contributed by atoms with Gasteiger partial charge in [0.15, 0.2) is 0 Å². The minimum atomic E-state index is 0.907. The Kier molecular flexibility index (Phi) is 2.92. The number of likely N-dealkylation sites (tertiary alicyclic amines) is 1. The molecule has 0 amide bonds. The van der Waals surface area contributed by atoms with Crippen LogP contribution < -0.4 is 0 Å². The number of rotatable bonds is 3. The minimum Gasteiger partial charge on any atom is -0.300 e. The third kappa shape index (κ3) is 2.46. The van der Waals surface area contributed by atoms with E-state index in [1.165, 1.54) is 45.2 Å². The van der Waals surface area contributed by atoms with Gasteiger partial charge in [0, 0.05) is 12.6 Å². The fraction of sp³-hybridized carbons (Fsp3) is 1.00. The van der Waals surface area contributed by atoms with Gasteiger partial charge in [-0.2, -0.15) is 0 Å². The molecule has 1 saturated carbocycles. The molecule has 2 atom stereocenters. The molecule has 1 aliphatic heterocycles. The van der Waals surface area contributed by atoms with Crippen molar-refractivity contribution in [1.82, 2.24) is 4.90 Å². The van der Waals surface area contributed by atoms with E-state index >= 15 is 0 Å². The van der Waals surface area contributed by atoms with Gasteiger partial charge in [0.1, 0.15) is 0 Å². The van der Waals surface area contributed by atoms with Crippen LogP contribution in [0.2, 0.25) is 0 Å². The van der Waals surface area contributed by atoms with Crippen molar-refractivity contribution in [2.24, 2.45) is 11.8 Å². The molecular weight excluding hydrogens is 158 g/mol. The first-order valence-corrected chi connectivity index (χ1v) is 6.03. The Morgan fingerprint density at radius 1 is 1.23 bits per heavy atom. The van der Waals surface area contributed by atoms with Crippen molar-refractivity contribution in [2.45, 2.75) is 52.0 Å². The topological polar surface area (TPSA) is 3.24 Å². The Hall–Kier alpha value is -0.0400. The van der Waals surface area contributed by atoms with Crippen molar-refractivity contribution >= 4 is 0 Å². The van der Waals surface area contributed by atoms with Crippen LogP contribution in [-0.4, -0.2) is 24.0 Å². The molecule has 1 aliphatic carbocycles. The molecule has 2 rings (SSSR count). The van der Waals surface area contributed by atoms with E-state index in [1.54, 1.807) is 0 Å². The maximum atomic E-state index is 2.76. The van der Waals surface area contributed by atoms with E-state index in [-0.39, 0.29) is 0 Å². The molecule has 1 saturated heterocycles. The van der Waals surface area contributed by atoms with Crippen LogP contribution in [0.3, 0.4) is 0 Å². The van der Waals surface area contributed by atoms with Crippen LogP contribution in [0.25, 0.3) is 0 Å². The van der Waals surface area contributed by atoms with Gasteiger partial charge in [0.25, 0.3) is 0 Å². The zero-order valence-electron chi connectivity index (χ0n) is 9.13. The monoisotopic (exact) mass is 181 g/mol. The number of piperidine rings is 1. The van der Waals surface area contributed by atoms with Crippen LogP contribution in [0.4, 0.5) is 0 Å². The lowest BCUT2D eigenvalue weighted by atomic mass is 9.91. The molecule has 0 bridgehead atoms. The third-order valence-electron chi connectivity index (χ3n) is 3.76. The molecule has 76 valence electrons. The predicted octanol–water partition coefficient (Wildman–Crippen LogP) is 2.91. The largest absolute Gasteiger partial charge is 0.300 e. The SMILES string of the molecule is CCC1CC(C)CCN1CC1CC1. The maximum absolute atomic E-state index is 2.76. The van der Waals surface area contributed by atoms with Gasteiger partial charge >= 0.3 is 0 Å². The van der Waals surface area contributed by atoms with Crippen molar-refractivity contribution < 1.29 is 0 Å². The van der Waals surface area contributed by atoms with Gasteiger partial charge in [0.05, 0.1) is 0 Å². The second-order valence-electron chi connectivity index (χ2n) is 5.13. The van der Waals surface area contributed by atoms with Gasteiger partial charge in [-0.1, -0.05) is 13.8 Å². The highest BCUT2D eigenvalue weighted by Gasteiger charge is 2.30.